The summed E-state index contributed by atoms with van der Waals surface area (Å²) in [6, 6.07) is 4.98. The van der Waals surface area contributed by atoms with E-state index >= 15 is 0 Å². The maximum atomic E-state index is 12.2. The number of hydrogen-bond donors (Lipinski definition) is 1. The first-order valence-corrected chi connectivity index (χ1v) is 7.78. The Morgan fingerprint density at radius 1 is 1.52 bits per heavy atom. The van der Waals surface area contributed by atoms with Gasteiger partial charge in [0.15, 0.2) is 6.61 Å². The van der Waals surface area contributed by atoms with Crippen LogP contribution in [-0.2, 0) is 4.79 Å². The molecule has 1 amide bonds. The number of aliphatic hydroxyl groups is 1. The van der Waals surface area contributed by atoms with Crippen molar-refractivity contribution in [2.45, 2.75) is 38.3 Å². The van der Waals surface area contributed by atoms with Crippen LogP contribution in [0.1, 0.15) is 26.2 Å². The summed E-state index contributed by atoms with van der Waals surface area (Å²) in [5, 5.41) is 10.4. The van der Waals surface area contributed by atoms with Gasteiger partial charge in [-0.05, 0) is 38.3 Å². The second-order valence-corrected chi connectivity index (χ2v) is 6.17. The Morgan fingerprint density at radius 2 is 2.29 bits per heavy atom. The molecule has 1 fully saturated rings. The van der Waals surface area contributed by atoms with Crippen molar-refractivity contribution in [3.63, 3.8) is 0 Å². The van der Waals surface area contributed by atoms with E-state index < -0.39 is 6.10 Å². The lowest BCUT2D eigenvalue weighted by Crippen LogP contribution is -2.40. The van der Waals surface area contributed by atoms with Crippen LogP contribution in [0.5, 0.6) is 5.75 Å². The minimum Gasteiger partial charge on any atom is -0.482 e. The number of ether oxygens (including phenoxy) is 1. The number of carbonyl (C=O) groups excluding carboxylic acids is 1. The zero-order valence-corrected chi connectivity index (χ0v) is 13.4. The molecule has 0 radical (unpaired) electrons. The molecule has 0 spiro atoms. The molecule has 4 nitrogen and oxygen atoms in total. The van der Waals surface area contributed by atoms with Gasteiger partial charge in [-0.2, -0.15) is 0 Å². The first-order chi connectivity index (χ1) is 9.97. The Labute approximate surface area is 134 Å². The number of halogens is 2. The molecule has 1 N–H and O–H groups in total. The van der Waals surface area contributed by atoms with Crippen LogP contribution in [0.15, 0.2) is 18.2 Å². The summed E-state index contributed by atoms with van der Waals surface area (Å²) < 4.78 is 5.48. The van der Waals surface area contributed by atoms with E-state index in [0.717, 1.165) is 12.8 Å². The van der Waals surface area contributed by atoms with E-state index in [4.69, 9.17) is 27.9 Å². The minimum atomic E-state index is -0.410. The van der Waals surface area contributed by atoms with Crippen LogP contribution in [0.4, 0.5) is 0 Å². The molecule has 0 aliphatic carbocycles. The van der Waals surface area contributed by atoms with Gasteiger partial charge in [0.2, 0.25) is 0 Å². The quantitative estimate of drug-likeness (QED) is 0.901. The first kappa shape index (κ1) is 16.4. The first-order valence-electron chi connectivity index (χ1n) is 7.02. The molecular formula is C15H19Cl2NO3. The lowest BCUT2D eigenvalue weighted by atomic mass is 10.1. The van der Waals surface area contributed by atoms with E-state index in [-0.39, 0.29) is 18.6 Å². The van der Waals surface area contributed by atoms with Crippen molar-refractivity contribution in [3.8, 4) is 5.75 Å². The molecular weight excluding hydrogens is 313 g/mol. The van der Waals surface area contributed by atoms with Crippen LogP contribution >= 0.6 is 23.2 Å². The van der Waals surface area contributed by atoms with E-state index in [1.165, 1.54) is 0 Å². The summed E-state index contributed by atoms with van der Waals surface area (Å²) in [6.07, 6.45) is 2.07. The zero-order chi connectivity index (χ0) is 15.4. The molecule has 6 heteroatoms. The van der Waals surface area contributed by atoms with Gasteiger partial charge in [0.1, 0.15) is 5.75 Å². The Hall–Kier alpha value is -0.970. The number of rotatable bonds is 5. The summed E-state index contributed by atoms with van der Waals surface area (Å²) in [4.78, 5) is 14.0. The van der Waals surface area contributed by atoms with Gasteiger partial charge in [-0.25, -0.2) is 0 Å². The Kier molecular flexibility index (Phi) is 5.73. The van der Waals surface area contributed by atoms with E-state index in [2.05, 4.69) is 0 Å². The topological polar surface area (TPSA) is 49.8 Å². The van der Waals surface area contributed by atoms with E-state index in [0.29, 0.717) is 28.8 Å². The number of amides is 1. The predicted octanol–water partition coefficient (Wildman–Crippen LogP) is 3.13. The predicted molar refractivity (Wildman–Crippen MR) is 83.0 cm³/mol. The van der Waals surface area contributed by atoms with Crippen LogP contribution in [0, 0.1) is 0 Å². The third-order valence-electron chi connectivity index (χ3n) is 3.56. The third-order valence-corrected chi connectivity index (χ3v) is 4.10. The molecule has 2 unspecified atom stereocenters. The fourth-order valence-corrected chi connectivity index (χ4v) is 2.95. The van der Waals surface area contributed by atoms with E-state index in [1.807, 2.05) is 0 Å². The van der Waals surface area contributed by atoms with Crippen molar-refractivity contribution in [1.29, 1.82) is 0 Å². The summed E-state index contributed by atoms with van der Waals surface area (Å²) in [5.41, 5.74) is 0. The number of benzene rings is 1. The number of hydrogen-bond acceptors (Lipinski definition) is 3. The molecule has 1 aromatic carbocycles. The molecule has 0 aromatic heterocycles. The highest BCUT2D eigenvalue weighted by Crippen LogP contribution is 2.28. The third kappa shape index (κ3) is 4.50. The van der Waals surface area contributed by atoms with Crippen molar-refractivity contribution in [3.05, 3.63) is 28.2 Å². The number of nitrogens with zero attached hydrogens (tertiary/aromatic N) is 1. The molecule has 1 aromatic rings. The SMILES string of the molecule is CC(O)CC1CCCN1C(=O)COc1cc(Cl)ccc1Cl. The second-order valence-electron chi connectivity index (χ2n) is 5.33. The largest absolute Gasteiger partial charge is 0.482 e. The maximum Gasteiger partial charge on any atom is 0.260 e. The summed E-state index contributed by atoms with van der Waals surface area (Å²) in [6.45, 7) is 2.38. The van der Waals surface area contributed by atoms with Crippen molar-refractivity contribution in [2.24, 2.45) is 0 Å². The Bertz CT molecular complexity index is 508. The van der Waals surface area contributed by atoms with Gasteiger partial charge < -0.3 is 14.7 Å². The maximum absolute atomic E-state index is 12.2. The molecule has 2 rings (SSSR count). The molecule has 0 saturated carbocycles. The summed E-state index contributed by atoms with van der Waals surface area (Å²) in [7, 11) is 0. The van der Waals surface area contributed by atoms with E-state index in [9.17, 15) is 9.90 Å². The molecule has 1 saturated heterocycles. The standard InChI is InChI=1S/C15H19Cl2NO3/c1-10(19)7-12-3-2-6-18(12)15(20)9-21-14-8-11(16)4-5-13(14)17/h4-5,8,10,12,19H,2-3,6-7,9H2,1H3. The molecule has 1 heterocycles. The Morgan fingerprint density at radius 3 is 3.00 bits per heavy atom. The van der Waals surface area contributed by atoms with Gasteiger partial charge in [0.05, 0.1) is 11.1 Å². The van der Waals surface area contributed by atoms with Crippen molar-refractivity contribution < 1.29 is 14.6 Å². The van der Waals surface area contributed by atoms with Crippen LogP contribution in [0.2, 0.25) is 10.0 Å². The average Bonchev–Trinajstić information content (AvgIpc) is 2.86. The molecule has 116 valence electrons. The lowest BCUT2D eigenvalue weighted by Gasteiger charge is -2.25. The normalized spacial score (nSPS) is 19.6. The number of carbonyl (C=O) groups is 1. The van der Waals surface area contributed by atoms with Crippen molar-refractivity contribution >= 4 is 29.1 Å². The Balaban J connectivity index is 1.93. The smallest absolute Gasteiger partial charge is 0.260 e. The molecule has 1 aliphatic heterocycles. The van der Waals surface area contributed by atoms with Crippen LogP contribution in [-0.4, -0.2) is 41.2 Å². The average molecular weight is 332 g/mol. The van der Waals surface area contributed by atoms with Gasteiger partial charge in [0.25, 0.3) is 5.91 Å². The zero-order valence-electron chi connectivity index (χ0n) is 11.9. The van der Waals surface area contributed by atoms with Crippen LogP contribution in [0.3, 0.4) is 0 Å². The van der Waals surface area contributed by atoms with Crippen LogP contribution in [0.25, 0.3) is 0 Å². The summed E-state index contributed by atoms with van der Waals surface area (Å²) in [5.74, 6) is 0.318. The van der Waals surface area contributed by atoms with Gasteiger partial charge >= 0.3 is 0 Å². The highest BCUT2D eigenvalue weighted by Gasteiger charge is 2.29. The highest BCUT2D eigenvalue weighted by atomic mass is 35.5. The number of aliphatic hydroxyl groups excluding tert-OH is 1. The molecule has 0 bridgehead atoms. The number of likely N-dealkylation sites (tertiary alicyclic amines) is 1. The van der Waals surface area contributed by atoms with Crippen molar-refractivity contribution in [1.82, 2.24) is 4.90 Å². The van der Waals surface area contributed by atoms with Crippen molar-refractivity contribution in [2.75, 3.05) is 13.2 Å². The molecule has 21 heavy (non-hydrogen) atoms. The monoisotopic (exact) mass is 331 g/mol. The molecule has 2 atom stereocenters. The van der Waals surface area contributed by atoms with E-state index in [1.54, 1.807) is 30.0 Å². The molecule has 1 aliphatic rings. The van der Waals surface area contributed by atoms with Gasteiger partial charge in [-0.15, -0.1) is 0 Å². The minimum absolute atomic E-state index is 0.0730. The van der Waals surface area contributed by atoms with Gasteiger partial charge in [-0.3, -0.25) is 4.79 Å². The van der Waals surface area contributed by atoms with Gasteiger partial charge in [0, 0.05) is 23.7 Å². The fourth-order valence-electron chi connectivity index (χ4n) is 2.61. The van der Waals surface area contributed by atoms with Gasteiger partial charge in [-0.1, -0.05) is 23.2 Å². The highest BCUT2D eigenvalue weighted by molar-refractivity contribution is 6.34. The fraction of sp³-hybridized carbons (Fsp3) is 0.533. The summed E-state index contributed by atoms with van der Waals surface area (Å²) >= 11 is 11.9. The lowest BCUT2D eigenvalue weighted by molar-refractivity contribution is -0.134. The van der Waals surface area contributed by atoms with Crippen LogP contribution < -0.4 is 4.74 Å². The second kappa shape index (κ2) is 7.34.